The van der Waals surface area contributed by atoms with Gasteiger partial charge in [-0.2, -0.15) is 10.4 Å². The monoisotopic (exact) mass is 282 g/mol. The molecule has 2 aromatic heterocycles. The van der Waals surface area contributed by atoms with Crippen LogP contribution in [0.25, 0.3) is 0 Å². The van der Waals surface area contributed by atoms with Crippen molar-refractivity contribution in [3.63, 3.8) is 0 Å². The number of nitrogens with two attached hydrogens (primary N) is 1. The maximum atomic E-state index is 9.30. The highest BCUT2D eigenvalue weighted by Gasteiger charge is 2.15. The van der Waals surface area contributed by atoms with E-state index in [4.69, 9.17) is 5.73 Å². The second kappa shape index (κ2) is 5.44. The van der Waals surface area contributed by atoms with E-state index in [1.807, 2.05) is 6.07 Å². The van der Waals surface area contributed by atoms with Gasteiger partial charge in [0.15, 0.2) is 0 Å². The van der Waals surface area contributed by atoms with Gasteiger partial charge in [-0.05, 0) is 37.3 Å². The van der Waals surface area contributed by atoms with Crippen LogP contribution in [0.4, 0.5) is 11.6 Å². The van der Waals surface area contributed by atoms with Crippen LogP contribution < -0.4 is 11.1 Å². The molecule has 0 aliphatic heterocycles. The topological polar surface area (TPSA) is 92.5 Å². The van der Waals surface area contributed by atoms with Gasteiger partial charge in [0.1, 0.15) is 17.7 Å². The summed E-state index contributed by atoms with van der Waals surface area (Å²) in [7, 11) is 1.80. The molecule has 0 unspecified atom stereocenters. The molecule has 3 N–H and O–H groups in total. The first-order valence-electron chi connectivity index (χ1n) is 7.12. The Hall–Kier alpha value is -2.55. The molecule has 2 heterocycles. The van der Waals surface area contributed by atoms with Crippen LogP contribution in [0.1, 0.15) is 35.2 Å². The standard InChI is InChI=1S/C15H18N6/c1-21-14(17)12(9-19-21)8-18-15-11(7-16)6-10-4-2-3-5-13(10)20-15/h6,9H,2-5,8,17H2,1H3,(H,18,20). The minimum atomic E-state index is 0.514. The van der Waals surface area contributed by atoms with Gasteiger partial charge in [-0.3, -0.25) is 4.68 Å². The Morgan fingerprint density at radius 1 is 1.43 bits per heavy atom. The lowest BCUT2D eigenvalue weighted by Gasteiger charge is -2.17. The predicted molar refractivity (Wildman–Crippen MR) is 80.5 cm³/mol. The molecule has 0 bridgehead atoms. The van der Waals surface area contributed by atoms with Crippen LogP contribution in [-0.2, 0) is 26.4 Å². The van der Waals surface area contributed by atoms with Gasteiger partial charge >= 0.3 is 0 Å². The van der Waals surface area contributed by atoms with Gasteiger partial charge in [0.25, 0.3) is 0 Å². The lowest BCUT2D eigenvalue weighted by molar-refractivity contribution is 0.668. The second-order valence-electron chi connectivity index (χ2n) is 5.34. The van der Waals surface area contributed by atoms with Crippen molar-refractivity contribution in [2.75, 3.05) is 11.1 Å². The van der Waals surface area contributed by atoms with Crippen LogP contribution in [0, 0.1) is 11.3 Å². The molecule has 3 rings (SSSR count). The highest BCUT2D eigenvalue weighted by Crippen LogP contribution is 2.25. The molecule has 0 amide bonds. The molecule has 6 nitrogen and oxygen atoms in total. The van der Waals surface area contributed by atoms with Crippen molar-refractivity contribution >= 4 is 11.6 Å². The molecule has 0 spiro atoms. The van der Waals surface area contributed by atoms with Crippen LogP contribution >= 0.6 is 0 Å². The first-order valence-corrected chi connectivity index (χ1v) is 7.12. The van der Waals surface area contributed by atoms with Gasteiger partial charge in [-0.1, -0.05) is 0 Å². The molecule has 6 heteroatoms. The summed E-state index contributed by atoms with van der Waals surface area (Å²) >= 11 is 0. The molecule has 0 radical (unpaired) electrons. The average molecular weight is 282 g/mol. The Morgan fingerprint density at radius 3 is 2.95 bits per heavy atom. The molecule has 0 saturated heterocycles. The lowest BCUT2D eigenvalue weighted by Crippen LogP contribution is -2.11. The highest BCUT2D eigenvalue weighted by molar-refractivity contribution is 5.55. The molecular formula is C15H18N6. The number of nitrogens with one attached hydrogen (secondary N) is 1. The third kappa shape index (κ3) is 2.55. The summed E-state index contributed by atoms with van der Waals surface area (Å²) in [6.45, 7) is 0.514. The molecule has 108 valence electrons. The zero-order valence-corrected chi connectivity index (χ0v) is 12.1. The van der Waals surface area contributed by atoms with Crippen LogP contribution in [0.3, 0.4) is 0 Å². The number of aromatic nitrogens is 3. The van der Waals surface area contributed by atoms with Gasteiger partial charge in [-0.15, -0.1) is 0 Å². The van der Waals surface area contributed by atoms with E-state index in [0.717, 1.165) is 24.1 Å². The number of nitrogens with zero attached hydrogens (tertiary/aromatic N) is 4. The summed E-state index contributed by atoms with van der Waals surface area (Å²) in [6.07, 6.45) is 6.09. The molecule has 0 fully saturated rings. The maximum Gasteiger partial charge on any atom is 0.144 e. The Bertz CT molecular complexity index is 710. The van der Waals surface area contributed by atoms with Crippen molar-refractivity contribution in [3.8, 4) is 6.07 Å². The SMILES string of the molecule is Cn1ncc(CNc2nc3c(cc2C#N)CCCC3)c1N. The fraction of sp³-hybridized carbons (Fsp3) is 0.400. The number of aryl methyl sites for hydroxylation is 3. The number of anilines is 2. The van der Waals surface area contributed by atoms with Crippen LogP contribution in [-0.4, -0.2) is 14.8 Å². The molecule has 0 saturated carbocycles. The Labute approximate surface area is 123 Å². The maximum absolute atomic E-state index is 9.30. The van der Waals surface area contributed by atoms with Crippen LogP contribution in [0.2, 0.25) is 0 Å². The van der Waals surface area contributed by atoms with Crippen molar-refractivity contribution in [3.05, 3.63) is 34.6 Å². The van der Waals surface area contributed by atoms with E-state index in [0.29, 0.717) is 23.7 Å². The average Bonchev–Trinajstić information content (AvgIpc) is 2.83. The van der Waals surface area contributed by atoms with Crippen LogP contribution in [0.5, 0.6) is 0 Å². The fourth-order valence-electron chi connectivity index (χ4n) is 2.66. The Kier molecular flexibility index (Phi) is 3.48. The van der Waals surface area contributed by atoms with Crippen molar-refractivity contribution in [1.29, 1.82) is 5.26 Å². The number of fused-ring (bicyclic) bond motifs is 1. The third-order valence-corrected chi connectivity index (χ3v) is 3.93. The minimum absolute atomic E-state index is 0.514. The van der Waals surface area contributed by atoms with Crippen molar-refractivity contribution in [2.24, 2.45) is 7.05 Å². The molecule has 1 aliphatic carbocycles. The minimum Gasteiger partial charge on any atom is -0.384 e. The van der Waals surface area contributed by atoms with E-state index >= 15 is 0 Å². The molecule has 2 aromatic rings. The molecule has 1 aliphatic rings. The first kappa shape index (κ1) is 13.4. The van der Waals surface area contributed by atoms with Gasteiger partial charge in [0.2, 0.25) is 0 Å². The molecule has 21 heavy (non-hydrogen) atoms. The highest BCUT2D eigenvalue weighted by atomic mass is 15.3. The Balaban J connectivity index is 1.84. The summed E-state index contributed by atoms with van der Waals surface area (Å²) in [4.78, 5) is 4.63. The van der Waals surface area contributed by atoms with Gasteiger partial charge in [0, 0.05) is 24.8 Å². The predicted octanol–water partition coefficient (Wildman–Crippen LogP) is 1.76. The van der Waals surface area contributed by atoms with E-state index in [2.05, 4.69) is 21.5 Å². The van der Waals surface area contributed by atoms with E-state index < -0.39 is 0 Å². The number of rotatable bonds is 3. The van der Waals surface area contributed by atoms with E-state index in [1.165, 1.54) is 18.4 Å². The summed E-state index contributed by atoms with van der Waals surface area (Å²) in [5.41, 5.74) is 9.75. The molecule has 0 aromatic carbocycles. The van der Waals surface area contributed by atoms with Crippen molar-refractivity contribution < 1.29 is 0 Å². The molecular weight excluding hydrogens is 264 g/mol. The van der Waals surface area contributed by atoms with Crippen molar-refractivity contribution in [2.45, 2.75) is 32.2 Å². The van der Waals surface area contributed by atoms with E-state index in [9.17, 15) is 5.26 Å². The number of nitriles is 1. The number of nitrogen functional groups attached to an aromatic ring is 1. The van der Waals surface area contributed by atoms with E-state index in [-0.39, 0.29) is 0 Å². The Morgan fingerprint density at radius 2 is 2.24 bits per heavy atom. The number of hydrogen-bond acceptors (Lipinski definition) is 5. The third-order valence-electron chi connectivity index (χ3n) is 3.93. The number of pyridine rings is 1. The van der Waals surface area contributed by atoms with Gasteiger partial charge in [0.05, 0.1) is 11.8 Å². The first-order chi connectivity index (χ1) is 10.2. The zero-order chi connectivity index (χ0) is 14.8. The zero-order valence-electron chi connectivity index (χ0n) is 12.1. The van der Waals surface area contributed by atoms with Gasteiger partial charge < -0.3 is 11.1 Å². The van der Waals surface area contributed by atoms with Crippen LogP contribution in [0.15, 0.2) is 12.3 Å². The lowest BCUT2D eigenvalue weighted by atomic mass is 9.95. The summed E-state index contributed by atoms with van der Waals surface area (Å²) in [5.74, 6) is 1.26. The summed E-state index contributed by atoms with van der Waals surface area (Å²) < 4.78 is 1.63. The number of hydrogen-bond donors (Lipinski definition) is 2. The smallest absolute Gasteiger partial charge is 0.144 e. The van der Waals surface area contributed by atoms with E-state index in [1.54, 1.807) is 17.9 Å². The molecule has 0 atom stereocenters. The van der Waals surface area contributed by atoms with Crippen molar-refractivity contribution in [1.82, 2.24) is 14.8 Å². The van der Waals surface area contributed by atoms with Gasteiger partial charge in [-0.25, -0.2) is 4.98 Å². The largest absolute Gasteiger partial charge is 0.384 e. The summed E-state index contributed by atoms with van der Waals surface area (Å²) in [6, 6.07) is 4.19. The fourth-order valence-corrected chi connectivity index (χ4v) is 2.66. The quantitative estimate of drug-likeness (QED) is 0.894. The summed E-state index contributed by atoms with van der Waals surface area (Å²) in [5, 5.41) is 16.6. The second-order valence-corrected chi connectivity index (χ2v) is 5.34. The normalized spacial score (nSPS) is 13.5.